The zero-order valence-electron chi connectivity index (χ0n) is 12.1. The third-order valence-corrected chi connectivity index (χ3v) is 4.44. The van der Waals surface area contributed by atoms with Crippen LogP contribution in [0.15, 0.2) is 27.1 Å². The molecule has 1 aliphatic rings. The molecule has 0 unspecified atom stereocenters. The molecule has 6 nitrogen and oxygen atoms in total. The van der Waals surface area contributed by atoms with Gasteiger partial charge in [-0.05, 0) is 44.6 Å². The number of furan rings is 1. The summed E-state index contributed by atoms with van der Waals surface area (Å²) in [5, 5.41) is 3.47. The Kier molecular flexibility index (Phi) is 3.92. The lowest BCUT2D eigenvalue weighted by Crippen LogP contribution is -2.37. The molecule has 0 saturated carbocycles. The van der Waals surface area contributed by atoms with Crippen molar-refractivity contribution in [3.63, 3.8) is 0 Å². The van der Waals surface area contributed by atoms with E-state index in [2.05, 4.69) is 21.2 Å². The summed E-state index contributed by atoms with van der Waals surface area (Å²) in [6.45, 7) is 0.887. The summed E-state index contributed by atoms with van der Waals surface area (Å²) in [4.78, 5) is 26.1. The van der Waals surface area contributed by atoms with Gasteiger partial charge in [0.2, 0.25) is 11.7 Å². The van der Waals surface area contributed by atoms with E-state index in [1.807, 2.05) is 11.9 Å². The molecule has 7 heteroatoms. The van der Waals surface area contributed by atoms with Crippen LogP contribution in [0.1, 0.15) is 23.4 Å². The third-order valence-electron chi connectivity index (χ3n) is 3.95. The number of rotatable bonds is 3. The van der Waals surface area contributed by atoms with Crippen LogP contribution in [0.5, 0.6) is 0 Å². The molecule has 1 aromatic heterocycles. The number of hydrogen-bond donors (Lipinski definition) is 2. The van der Waals surface area contributed by atoms with E-state index < -0.39 is 5.91 Å². The highest BCUT2D eigenvalue weighted by atomic mass is 79.9. The van der Waals surface area contributed by atoms with E-state index in [4.69, 9.17) is 10.2 Å². The van der Waals surface area contributed by atoms with E-state index in [0.29, 0.717) is 16.7 Å². The van der Waals surface area contributed by atoms with Gasteiger partial charge in [0.15, 0.2) is 0 Å². The smallest absolute Gasteiger partial charge is 0.286 e. The highest BCUT2D eigenvalue weighted by Gasteiger charge is 2.30. The summed E-state index contributed by atoms with van der Waals surface area (Å²) < 4.78 is 6.31. The zero-order valence-corrected chi connectivity index (χ0v) is 13.6. The number of nitrogens with one attached hydrogen (secondary N) is 1. The molecule has 1 aromatic carbocycles. The van der Waals surface area contributed by atoms with Crippen molar-refractivity contribution in [1.82, 2.24) is 4.90 Å². The van der Waals surface area contributed by atoms with Crippen molar-refractivity contribution in [2.75, 3.05) is 18.9 Å². The maximum atomic E-state index is 12.5. The fourth-order valence-electron chi connectivity index (χ4n) is 2.82. The van der Waals surface area contributed by atoms with Gasteiger partial charge < -0.3 is 15.5 Å². The predicted octanol–water partition coefficient (Wildman–Crippen LogP) is 2.33. The third kappa shape index (κ3) is 2.62. The Balaban J connectivity index is 2.01. The Bertz CT molecular complexity index is 756. The Morgan fingerprint density at radius 2 is 2.23 bits per heavy atom. The van der Waals surface area contributed by atoms with Gasteiger partial charge in [0, 0.05) is 9.86 Å². The number of amides is 2. The summed E-state index contributed by atoms with van der Waals surface area (Å²) in [5.74, 6) is -0.880. The van der Waals surface area contributed by atoms with Crippen molar-refractivity contribution in [3.05, 3.63) is 28.4 Å². The summed E-state index contributed by atoms with van der Waals surface area (Å²) in [6.07, 6.45) is 1.78. The first kappa shape index (κ1) is 15.1. The highest BCUT2D eigenvalue weighted by molar-refractivity contribution is 9.10. The molecule has 2 amide bonds. The van der Waals surface area contributed by atoms with Crippen LogP contribution in [-0.2, 0) is 4.79 Å². The van der Waals surface area contributed by atoms with Crippen LogP contribution < -0.4 is 11.1 Å². The molecule has 2 aromatic rings. The minimum Gasteiger partial charge on any atom is -0.449 e. The molecule has 1 aliphatic heterocycles. The standard InChI is InChI=1S/C15H16BrN3O3/c1-19-6-2-3-10(19)15(21)18-12-9-7-8(16)4-5-11(9)22-13(12)14(17)20/h4-5,7,10H,2-3,6H2,1H3,(H2,17,20)(H,18,21)/t10-/m0/s1. The minimum absolute atomic E-state index is 0.0258. The van der Waals surface area contributed by atoms with Crippen LogP contribution in [0.3, 0.4) is 0 Å². The second kappa shape index (κ2) is 5.73. The molecular weight excluding hydrogens is 350 g/mol. The number of likely N-dealkylation sites (tertiary alicyclic amines) is 1. The quantitative estimate of drug-likeness (QED) is 0.873. The van der Waals surface area contributed by atoms with Crippen molar-refractivity contribution >= 4 is 44.4 Å². The highest BCUT2D eigenvalue weighted by Crippen LogP contribution is 2.33. The number of anilines is 1. The topological polar surface area (TPSA) is 88.6 Å². The number of likely N-dealkylation sites (N-methyl/N-ethyl adjacent to an activating group) is 1. The number of benzene rings is 1. The monoisotopic (exact) mass is 365 g/mol. The van der Waals surface area contributed by atoms with Crippen molar-refractivity contribution in [3.8, 4) is 0 Å². The average molecular weight is 366 g/mol. The Morgan fingerprint density at radius 1 is 1.45 bits per heavy atom. The van der Waals surface area contributed by atoms with Crippen LogP contribution in [-0.4, -0.2) is 36.3 Å². The number of carbonyl (C=O) groups excluding carboxylic acids is 2. The van der Waals surface area contributed by atoms with Crippen LogP contribution in [0.4, 0.5) is 5.69 Å². The molecular formula is C15H16BrN3O3. The van der Waals surface area contributed by atoms with E-state index in [1.165, 1.54) is 0 Å². The van der Waals surface area contributed by atoms with Crippen LogP contribution in [0, 0.1) is 0 Å². The molecule has 0 bridgehead atoms. The van der Waals surface area contributed by atoms with Gasteiger partial charge in [0.25, 0.3) is 5.91 Å². The molecule has 116 valence electrons. The number of hydrogen-bond acceptors (Lipinski definition) is 4. The van der Waals surface area contributed by atoms with Crippen molar-refractivity contribution < 1.29 is 14.0 Å². The van der Waals surface area contributed by atoms with Gasteiger partial charge in [0.1, 0.15) is 11.3 Å². The van der Waals surface area contributed by atoms with Crippen molar-refractivity contribution in [1.29, 1.82) is 0 Å². The van der Waals surface area contributed by atoms with Crippen molar-refractivity contribution in [2.24, 2.45) is 5.73 Å². The summed E-state index contributed by atoms with van der Waals surface area (Å²) >= 11 is 3.38. The molecule has 1 fully saturated rings. The number of halogens is 1. The largest absolute Gasteiger partial charge is 0.449 e. The lowest BCUT2D eigenvalue weighted by atomic mass is 10.1. The van der Waals surface area contributed by atoms with Crippen LogP contribution in [0.25, 0.3) is 11.0 Å². The SMILES string of the molecule is CN1CCC[C@H]1C(=O)Nc1c(C(N)=O)oc2ccc(Br)cc12. The molecule has 1 saturated heterocycles. The molecule has 0 spiro atoms. The number of fused-ring (bicyclic) bond motifs is 1. The number of nitrogens with zero attached hydrogens (tertiary/aromatic N) is 1. The van der Waals surface area contributed by atoms with Gasteiger partial charge in [-0.3, -0.25) is 14.5 Å². The molecule has 2 heterocycles. The second-order valence-electron chi connectivity index (χ2n) is 5.44. The van der Waals surface area contributed by atoms with E-state index in [9.17, 15) is 9.59 Å². The first-order valence-electron chi connectivity index (χ1n) is 7.00. The fourth-order valence-corrected chi connectivity index (χ4v) is 3.18. The lowest BCUT2D eigenvalue weighted by molar-refractivity contribution is -0.119. The van der Waals surface area contributed by atoms with Gasteiger partial charge in [-0.1, -0.05) is 15.9 Å². The number of nitrogens with two attached hydrogens (primary N) is 1. The maximum Gasteiger partial charge on any atom is 0.286 e. The van der Waals surface area contributed by atoms with Gasteiger partial charge in [-0.15, -0.1) is 0 Å². The number of primary amides is 1. The van der Waals surface area contributed by atoms with Gasteiger partial charge >= 0.3 is 0 Å². The van der Waals surface area contributed by atoms with E-state index >= 15 is 0 Å². The fraction of sp³-hybridized carbons (Fsp3) is 0.333. The van der Waals surface area contributed by atoms with E-state index in [1.54, 1.807) is 18.2 Å². The first-order chi connectivity index (χ1) is 10.5. The van der Waals surface area contributed by atoms with Crippen molar-refractivity contribution in [2.45, 2.75) is 18.9 Å². The lowest BCUT2D eigenvalue weighted by Gasteiger charge is -2.18. The van der Waals surface area contributed by atoms with E-state index in [0.717, 1.165) is 23.9 Å². The molecule has 22 heavy (non-hydrogen) atoms. The molecule has 3 rings (SSSR count). The number of carbonyl (C=O) groups is 2. The summed E-state index contributed by atoms with van der Waals surface area (Å²) in [7, 11) is 1.91. The first-order valence-corrected chi connectivity index (χ1v) is 7.79. The molecule has 0 aliphatic carbocycles. The normalized spacial score (nSPS) is 18.7. The molecule has 1 atom stereocenters. The average Bonchev–Trinajstić information content (AvgIpc) is 3.03. The molecule has 3 N–H and O–H groups in total. The minimum atomic E-state index is -0.706. The van der Waals surface area contributed by atoms with E-state index in [-0.39, 0.29) is 17.7 Å². The Hall–Kier alpha value is -1.86. The van der Waals surface area contributed by atoms with Gasteiger partial charge in [0.05, 0.1) is 6.04 Å². The van der Waals surface area contributed by atoms with Crippen LogP contribution in [0.2, 0.25) is 0 Å². The Labute approximate surface area is 135 Å². The van der Waals surface area contributed by atoms with Gasteiger partial charge in [-0.25, -0.2) is 0 Å². The second-order valence-corrected chi connectivity index (χ2v) is 6.35. The Morgan fingerprint density at radius 3 is 2.86 bits per heavy atom. The van der Waals surface area contributed by atoms with Gasteiger partial charge in [-0.2, -0.15) is 0 Å². The van der Waals surface area contributed by atoms with Crippen LogP contribution >= 0.6 is 15.9 Å². The zero-order chi connectivity index (χ0) is 15.9. The predicted molar refractivity (Wildman–Crippen MR) is 86.7 cm³/mol. The maximum absolute atomic E-state index is 12.5. The molecule has 0 radical (unpaired) electrons. The summed E-state index contributed by atoms with van der Waals surface area (Å²) in [6, 6.07) is 5.12. The summed E-state index contributed by atoms with van der Waals surface area (Å²) in [5.41, 5.74) is 6.22.